The zero-order chi connectivity index (χ0) is 15.0. The van der Waals surface area contributed by atoms with Crippen LogP contribution in [0.25, 0.3) is 0 Å². The Bertz CT molecular complexity index is 437. The Balaban J connectivity index is 2.66. The number of hydrogen-bond donors (Lipinski definition) is 3. The lowest BCUT2D eigenvalue weighted by atomic mass is 10.2. The summed E-state index contributed by atoms with van der Waals surface area (Å²) in [7, 11) is 3.09. The molecule has 6 nitrogen and oxygen atoms in total. The molecule has 112 valence electrons. The van der Waals surface area contributed by atoms with E-state index in [1.54, 1.807) is 25.3 Å². The molecular weight excluding hydrogens is 260 g/mol. The van der Waals surface area contributed by atoms with Crippen molar-refractivity contribution in [1.29, 1.82) is 0 Å². The quantitative estimate of drug-likeness (QED) is 0.714. The molecular formula is C14H22N2O4. The van der Waals surface area contributed by atoms with Crippen LogP contribution in [0.1, 0.15) is 19.8 Å². The molecule has 0 fully saturated rings. The summed E-state index contributed by atoms with van der Waals surface area (Å²) >= 11 is 0. The predicted molar refractivity (Wildman–Crippen MR) is 77.5 cm³/mol. The number of benzene rings is 1. The van der Waals surface area contributed by atoms with Crippen LogP contribution in [-0.4, -0.2) is 38.0 Å². The molecule has 20 heavy (non-hydrogen) atoms. The molecule has 1 rings (SSSR count). The molecule has 0 unspecified atom stereocenters. The van der Waals surface area contributed by atoms with E-state index in [0.29, 0.717) is 23.6 Å². The Hall–Kier alpha value is -1.95. The van der Waals surface area contributed by atoms with Crippen molar-refractivity contribution >= 4 is 11.7 Å². The van der Waals surface area contributed by atoms with E-state index in [-0.39, 0.29) is 18.7 Å². The first-order valence-electron chi connectivity index (χ1n) is 6.55. The highest BCUT2D eigenvalue weighted by molar-refractivity contribution is 5.89. The van der Waals surface area contributed by atoms with Gasteiger partial charge in [0.25, 0.3) is 0 Å². The van der Waals surface area contributed by atoms with Crippen molar-refractivity contribution in [3.8, 4) is 11.5 Å². The summed E-state index contributed by atoms with van der Waals surface area (Å²) in [6.07, 6.45) is 1.30. The van der Waals surface area contributed by atoms with E-state index in [1.165, 1.54) is 7.11 Å². The third-order valence-electron chi connectivity index (χ3n) is 2.95. The summed E-state index contributed by atoms with van der Waals surface area (Å²) in [6, 6.07) is 4.79. The first-order valence-corrected chi connectivity index (χ1v) is 6.55. The maximum Gasteiger partial charge on any atom is 0.319 e. The van der Waals surface area contributed by atoms with Gasteiger partial charge in [0.05, 0.1) is 14.2 Å². The van der Waals surface area contributed by atoms with E-state index in [0.717, 1.165) is 6.42 Å². The third kappa shape index (κ3) is 4.62. The van der Waals surface area contributed by atoms with Crippen LogP contribution in [-0.2, 0) is 0 Å². The summed E-state index contributed by atoms with van der Waals surface area (Å²) in [5.41, 5.74) is 0.610. The molecule has 6 heteroatoms. The number of urea groups is 1. The zero-order valence-electron chi connectivity index (χ0n) is 12.1. The van der Waals surface area contributed by atoms with Gasteiger partial charge in [-0.1, -0.05) is 6.92 Å². The monoisotopic (exact) mass is 282 g/mol. The van der Waals surface area contributed by atoms with Crippen molar-refractivity contribution in [2.45, 2.75) is 25.8 Å². The molecule has 0 aliphatic carbocycles. The molecule has 1 aromatic rings. The number of hydrogen-bond acceptors (Lipinski definition) is 4. The highest BCUT2D eigenvalue weighted by atomic mass is 16.5. The van der Waals surface area contributed by atoms with Gasteiger partial charge in [0.15, 0.2) is 11.5 Å². The molecule has 0 saturated heterocycles. The third-order valence-corrected chi connectivity index (χ3v) is 2.95. The number of aliphatic hydroxyl groups excluding tert-OH is 1. The van der Waals surface area contributed by atoms with Gasteiger partial charge in [0, 0.05) is 24.4 Å². The lowest BCUT2D eigenvalue weighted by molar-refractivity contribution is 0.237. The summed E-state index contributed by atoms with van der Waals surface area (Å²) in [6.45, 7) is 2.01. The van der Waals surface area contributed by atoms with Gasteiger partial charge in [-0.25, -0.2) is 4.79 Å². The minimum atomic E-state index is -0.308. The standard InChI is InChI=1S/C14H22N2O4/c1-4-10(7-8-17)15-14(18)16-11-5-6-12(19-2)13(9-11)20-3/h5-6,9-10,17H,4,7-8H2,1-3H3,(H2,15,16,18)/t10-/m0/s1. The van der Waals surface area contributed by atoms with Gasteiger partial charge >= 0.3 is 6.03 Å². The predicted octanol–water partition coefficient (Wildman–Crippen LogP) is 1.99. The van der Waals surface area contributed by atoms with E-state index in [2.05, 4.69) is 10.6 Å². The summed E-state index contributed by atoms with van der Waals surface area (Å²) < 4.78 is 10.3. The second kappa shape index (κ2) is 8.27. The van der Waals surface area contributed by atoms with Gasteiger partial charge in [-0.3, -0.25) is 0 Å². The zero-order valence-corrected chi connectivity index (χ0v) is 12.1. The minimum absolute atomic E-state index is 0.0415. The Morgan fingerprint density at radius 2 is 2.00 bits per heavy atom. The lowest BCUT2D eigenvalue weighted by Crippen LogP contribution is -2.38. The second-order valence-electron chi connectivity index (χ2n) is 4.29. The molecule has 0 aromatic heterocycles. The largest absolute Gasteiger partial charge is 0.493 e. The van der Waals surface area contributed by atoms with Gasteiger partial charge in [-0.2, -0.15) is 0 Å². The van der Waals surface area contributed by atoms with E-state index < -0.39 is 0 Å². The fourth-order valence-corrected chi connectivity index (χ4v) is 1.80. The van der Waals surface area contributed by atoms with E-state index >= 15 is 0 Å². The van der Waals surface area contributed by atoms with Crippen molar-refractivity contribution in [1.82, 2.24) is 5.32 Å². The fraction of sp³-hybridized carbons (Fsp3) is 0.500. The average Bonchev–Trinajstić information content (AvgIpc) is 2.46. The van der Waals surface area contributed by atoms with Crippen molar-refractivity contribution in [2.24, 2.45) is 0 Å². The highest BCUT2D eigenvalue weighted by Gasteiger charge is 2.11. The first-order chi connectivity index (χ1) is 9.64. The number of rotatable bonds is 7. The SMILES string of the molecule is CC[C@@H](CCO)NC(=O)Nc1ccc(OC)c(OC)c1. The van der Waals surface area contributed by atoms with Crippen molar-refractivity contribution in [2.75, 3.05) is 26.1 Å². The number of carbonyl (C=O) groups is 1. The topological polar surface area (TPSA) is 79.8 Å². The van der Waals surface area contributed by atoms with Crippen LogP contribution in [0.5, 0.6) is 11.5 Å². The van der Waals surface area contributed by atoms with E-state index in [9.17, 15) is 4.79 Å². The molecule has 0 saturated carbocycles. The van der Waals surface area contributed by atoms with Crippen LogP contribution in [0.2, 0.25) is 0 Å². The molecule has 2 amide bonds. The molecule has 1 atom stereocenters. The summed E-state index contributed by atoms with van der Waals surface area (Å²) in [5, 5.41) is 14.4. The number of carbonyl (C=O) groups excluding carboxylic acids is 1. The number of amides is 2. The first kappa shape index (κ1) is 16.1. The summed E-state index contributed by atoms with van der Waals surface area (Å²) in [5.74, 6) is 1.15. The number of aliphatic hydroxyl groups is 1. The fourth-order valence-electron chi connectivity index (χ4n) is 1.80. The smallest absolute Gasteiger partial charge is 0.319 e. The Kier molecular flexibility index (Phi) is 6.66. The van der Waals surface area contributed by atoms with Gasteiger partial charge in [-0.05, 0) is 25.0 Å². The maximum absolute atomic E-state index is 11.8. The molecule has 0 spiro atoms. The minimum Gasteiger partial charge on any atom is -0.493 e. The van der Waals surface area contributed by atoms with Gasteiger partial charge < -0.3 is 25.2 Å². The van der Waals surface area contributed by atoms with Crippen LogP contribution in [0.3, 0.4) is 0 Å². The Morgan fingerprint density at radius 1 is 1.30 bits per heavy atom. The molecule has 1 aromatic carbocycles. The van der Waals surface area contributed by atoms with Crippen molar-refractivity contribution in [3.05, 3.63) is 18.2 Å². The van der Waals surface area contributed by atoms with Crippen LogP contribution < -0.4 is 20.1 Å². The van der Waals surface area contributed by atoms with Crippen LogP contribution in [0.15, 0.2) is 18.2 Å². The van der Waals surface area contributed by atoms with Crippen molar-refractivity contribution < 1.29 is 19.4 Å². The van der Waals surface area contributed by atoms with Gasteiger partial charge in [-0.15, -0.1) is 0 Å². The van der Waals surface area contributed by atoms with E-state index in [4.69, 9.17) is 14.6 Å². The molecule has 0 aliphatic rings. The van der Waals surface area contributed by atoms with Gasteiger partial charge in [0.2, 0.25) is 0 Å². The summed E-state index contributed by atoms with van der Waals surface area (Å²) in [4.78, 5) is 11.8. The van der Waals surface area contributed by atoms with Crippen LogP contribution in [0, 0.1) is 0 Å². The number of anilines is 1. The lowest BCUT2D eigenvalue weighted by Gasteiger charge is -2.16. The molecule has 0 bridgehead atoms. The normalized spacial score (nSPS) is 11.6. The number of methoxy groups -OCH3 is 2. The van der Waals surface area contributed by atoms with Gasteiger partial charge in [0.1, 0.15) is 0 Å². The van der Waals surface area contributed by atoms with Crippen LogP contribution >= 0.6 is 0 Å². The Labute approximate surface area is 119 Å². The number of ether oxygens (including phenoxy) is 2. The highest BCUT2D eigenvalue weighted by Crippen LogP contribution is 2.29. The second-order valence-corrected chi connectivity index (χ2v) is 4.29. The van der Waals surface area contributed by atoms with E-state index in [1.807, 2.05) is 6.92 Å². The van der Waals surface area contributed by atoms with Crippen molar-refractivity contribution in [3.63, 3.8) is 0 Å². The molecule has 0 heterocycles. The molecule has 0 aliphatic heterocycles. The molecule has 0 radical (unpaired) electrons. The Morgan fingerprint density at radius 3 is 2.55 bits per heavy atom. The number of nitrogens with one attached hydrogen (secondary N) is 2. The maximum atomic E-state index is 11.8. The molecule has 3 N–H and O–H groups in total. The van der Waals surface area contributed by atoms with Crippen LogP contribution in [0.4, 0.5) is 10.5 Å². The average molecular weight is 282 g/mol.